The minimum Gasteiger partial charge on any atom is -0.396 e. The Kier molecular flexibility index (Phi) is 7.94. The molecule has 5 rings (SSSR count). The largest absolute Gasteiger partial charge is 0.396 e. The van der Waals surface area contributed by atoms with E-state index in [9.17, 15) is 0 Å². The second-order valence-electron chi connectivity index (χ2n) is 10.7. The fraction of sp³-hybridized carbons (Fsp3) is 0.303. The molecule has 196 valence electrons. The van der Waals surface area contributed by atoms with E-state index in [1.165, 1.54) is 29.5 Å². The van der Waals surface area contributed by atoms with E-state index in [0.717, 1.165) is 37.8 Å². The van der Waals surface area contributed by atoms with Gasteiger partial charge < -0.3 is 22.5 Å². The standard InChI is InChI=1S/C33H39N5/c34-30-22-29(31(35)32(36)38-30)28(27-14-8-3-9-15-27)18-21-37-33(23-24-10-4-1-5-11-24)19-16-26(17-20-33)25-12-6-2-7-13-25/h1-15,22,26,28,37H,16-21,23,35H2,(H4,34,36,38). The molecule has 1 heterocycles. The van der Waals surface area contributed by atoms with Crippen molar-refractivity contribution in [2.24, 2.45) is 0 Å². The minimum atomic E-state index is 0.0652. The van der Waals surface area contributed by atoms with Gasteiger partial charge >= 0.3 is 0 Å². The highest BCUT2D eigenvalue weighted by atomic mass is 15.0. The number of rotatable bonds is 9. The fourth-order valence-electron chi connectivity index (χ4n) is 6.21. The zero-order valence-electron chi connectivity index (χ0n) is 22.0. The van der Waals surface area contributed by atoms with Crippen molar-refractivity contribution in [2.75, 3.05) is 23.7 Å². The van der Waals surface area contributed by atoms with Gasteiger partial charge in [-0.1, -0.05) is 91.0 Å². The lowest BCUT2D eigenvalue weighted by atomic mass is 9.71. The van der Waals surface area contributed by atoms with E-state index in [1.807, 2.05) is 12.1 Å². The molecular weight excluding hydrogens is 466 g/mol. The maximum absolute atomic E-state index is 6.44. The van der Waals surface area contributed by atoms with Gasteiger partial charge in [0.05, 0.1) is 5.69 Å². The third-order valence-corrected chi connectivity index (χ3v) is 8.25. The van der Waals surface area contributed by atoms with Crippen LogP contribution in [0.3, 0.4) is 0 Å². The lowest BCUT2D eigenvalue weighted by Crippen LogP contribution is -2.50. The number of benzene rings is 3. The summed E-state index contributed by atoms with van der Waals surface area (Å²) < 4.78 is 0. The van der Waals surface area contributed by atoms with Crippen LogP contribution in [-0.4, -0.2) is 17.1 Å². The summed E-state index contributed by atoms with van der Waals surface area (Å²) in [6.07, 6.45) is 6.59. The van der Waals surface area contributed by atoms with Gasteiger partial charge in [0.2, 0.25) is 0 Å². The van der Waals surface area contributed by atoms with Gasteiger partial charge in [0.15, 0.2) is 0 Å². The summed E-state index contributed by atoms with van der Waals surface area (Å²) in [5.41, 5.74) is 24.3. The Labute approximate surface area is 226 Å². The van der Waals surface area contributed by atoms with E-state index in [-0.39, 0.29) is 11.5 Å². The maximum Gasteiger partial charge on any atom is 0.149 e. The number of hydrogen-bond acceptors (Lipinski definition) is 5. The van der Waals surface area contributed by atoms with E-state index >= 15 is 0 Å². The molecule has 4 aromatic rings. The van der Waals surface area contributed by atoms with Crippen LogP contribution in [0.4, 0.5) is 17.3 Å². The van der Waals surface area contributed by atoms with E-state index in [2.05, 4.69) is 95.2 Å². The number of hydrogen-bond donors (Lipinski definition) is 4. The van der Waals surface area contributed by atoms with E-state index in [1.54, 1.807) is 0 Å². The smallest absolute Gasteiger partial charge is 0.149 e. The monoisotopic (exact) mass is 505 g/mol. The highest BCUT2D eigenvalue weighted by Crippen LogP contribution is 2.40. The van der Waals surface area contributed by atoms with Crippen molar-refractivity contribution in [3.63, 3.8) is 0 Å². The molecule has 0 spiro atoms. The number of nitrogens with two attached hydrogens (primary N) is 3. The second-order valence-corrected chi connectivity index (χ2v) is 10.7. The maximum atomic E-state index is 6.44. The van der Waals surface area contributed by atoms with Gasteiger partial charge in [-0.2, -0.15) is 0 Å². The summed E-state index contributed by atoms with van der Waals surface area (Å²) in [4.78, 5) is 4.17. The molecule has 1 aliphatic rings. The lowest BCUT2D eigenvalue weighted by Gasteiger charge is -2.42. The van der Waals surface area contributed by atoms with Gasteiger partial charge in [-0.15, -0.1) is 0 Å². The lowest BCUT2D eigenvalue weighted by molar-refractivity contribution is 0.212. The summed E-state index contributed by atoms with van der Waals surface area (Å²) in [7, 11) is 0. The molecule has 0 saturated heterocycles. The van der Waals surface area contributed by atoms with Gasteiger partial charge in [0, 0.05) is 11.5 Å². The number of pyridine rings is 1. The molecule has 1 atom stereocenters. The Morgan fingerprint density at radius 3 is 2.08 bits per heavy atom. The molecule has 5 heteroatoms. The molecule has 1 unspecified atom stereocenters. The average molecular weight is 506 g/mol. The van der Waals surface area contributed by atoms with Crippen molar-refractivity contribution in [3.8, 4) is 0 Å². The number of aromatic nitrogens is 1. The van der Waals surface area contributed by atoms with E-state index in [4.69, 9.17) is 17.2 Å². The zero-order chi connectivity index (χ0) is 26.4. The van der Waals surface area contributed by atoms with Crippen LogP contribution in [0.15, 0.2) is 97.1 Å². The predicted molar refractivity (Wildman–Crippen MR) is 159 cm³/mol. The van der Waals surface area contributed by atoms with Gasteiger partial charge in [-0.3, -0.25) is 0 Å². The molecule has 3 aromatic carbocycles. The molecule has 1 aromatic heterocycles. The Morgan fingerprint density at radius 2 is 1.42 bits per heavy atom. The van der Waals surface area contributed by atoms with Gasteiger partial charge in [0.25, 0.3) is 0 Å². The van der Waals surface area contributed by atoms with Crippen LogP contribution in [0.1, 0.15) is 66.2 Å². The molecule has 1 fully saturated rings. The first kappa shape index (κ1) is 25.8. The molecule has 5 nitrogen and oxygen atoms in total. The Bertz CT molecular complexity index is 1300. The molecule has 1 aliphatic carbocycles. The molecule has 1 saturated carbocycles. The summed E-state index contributed by atoms with van der Waals surface area (Å²) in [6.45, 7) is 0.865. The first-order valence-corrected chi connectivity index (χ1v) is 13.7. The minimum absolute atomic E-state index is 0.0652. The van der Waals surface area contributed by atoms with Crippen molar-refractivity contribution in [1.29, 1.82) is 0 Å². The molecule has 0 amide bonds. The van der Waals surface area contributed by atoms with Crippen LogP contribution >= 0.6 is 0 Å². The van der Waals surface area contributed by atoms with Crippen LogP contribution in [0.2, 0.25) is 0 Å². The highest BCUT2D eigenvalue weighted by Gasteiger charge is 2.35. The Hall–Kier alpha value is -3.83. The van der Waals surface area contributed by atoms with Crippen LogP contribution in [0.5, 0.6) is 0 Å². The average Bonchev–Trinajstić information content (AvgIpc) is 2.95. The highest BCUT2D eigenvalue weighted by molar-refractivity contribution is 5.68. The van der Waals surface area contributed by atoms with E-state index < -0.39 is 0 Å². The van der Waals surface area contributed by atoms with Crippen LogP contribution in [0, 0.1) is 0 Å². The van der Waals surface area contributed by atoms with Crippen molar-refractivity contribution in [3.05, 3.63) is 119 Å². The van der Waals surface area contributed by atoms with Crippen molar-refractivity contribution in [2.45, 2.75) is 55.9 Å². The van der Waals surface area contributed by atoms with Crippen molar-refractivity contribution >= 4 is 17.3 Å². The number of nitrogen functional groups attached to an aromatic ring is 3. The topological polar surface area (TPSA) is 103 Å². The van der Waals surface area contributed by atoms with Crippen LogP contribution in [0.25, 0.3) is 0 Å². The Morgan fingerprint density at radius 1 is 0.816 bits per heavy atom. The predicted octanol–water partition coefficient (Wildman–Crippen LogP) is 6.28. The first-order valence-electron chi connectivity index (χ1n) is 13.7. The molecule has 0 radical (unpaired) electrons. The van der Waals surface area contributed by atoms with Gasteiger partial charge in [-0.05, 0) is 79.3 Å². The van der Waals surface area contributed by atoms with Crippen molar-refractivity contribution < 1.29 is 0 Å². The number of nitrogens with zero attached hydrogens (tertiary/aromatic N) is 1. The molecule has 0 aliphatic heterocycles. The van der Waals surface area contributed by atoms with Crippen molar-refractivity contribution in [1.82, 2.24) is 10.3 Å². The molecule has 38 heavy (non-hydrogen) atoms. The summed E-state index contributed by atoms with van der Waals surface area (Å²) in [5.74, 6) is 1.40. The number of nitrogens with one attached hydrogen (secondary N) is 1. The number of anilines is 3. The SMILES string of the molecule is Nc1cc(C(CCNC2(Cc3ccccc3)CCC(c3ccccc3)CC2)c2ccccc2)c(N)c(N)n1. The summed E-state index contributed by atoms with van der Waals surface area (Å²) >= 11 is 0. The third-order valence-electron chi connectivity index (χ3n) is 8.25. The summed E-state index contributed by atoms with van der Waals surface area (Å²) in [5, 5.41) is 4.06. The third kappa shape index (κ3) is 6.00. The first-order chi connectivity index (χ1) is 18.5. The second kappa shape index (κ2) is 11.7. The van der Waals surface area contributed by atoms with Crippen LogP contribution < -0.4 is 22.5 Å². The Balaban J connectivity index is 1.36. The molecule has 0 bridgehead atoms. The summed E-state index contributed by atoms with van der Waals surface area (Å²) in [6, 6.07) is 34.2. The molecule has 7 N–H and O–H groups in total. The zero-order valence-corrected chi connectivity index (χ0v) is 22.0. The van der Waals surface area contributed by atoms with Crippen LogP contribution in [-0.2, 0) is 6.42 Å². The van der Waals surface area contributed by atoms with Gasteiger partial charge in [-0.25, -0.2) is 4.98 Å². The fourth-order valence-corrected chi connectivity index (χ4v) is 6.21. The molecular formula is C33H39N5. The normalized spacial score (nSPS) is 20.2. The van der Waals surface area contributed by atoms with E-state index in [0.29, 0.717) is 23.2 Å². The van der Waals surface area contributed by atoms with Gasteiger partial charge in [0.1, 0.15) is 11.6 Å². The quantitative estimate of drug-likeness (QED) is 0.214.